The number of rotatable bonds is 3. The molecule has 2 heterocycles. The van der Waals surface area contributed by atoms with E-state index < -0.39 is 0 Å². The molecule has 1 unspecified atom stereocenters. The molecule has 0 amide bonds. The Labute approximate surface area is 110 Å². The van der Waals surface area contributed by atoms with Gasteiger partial charge in [0.2, 0.25) is 11.8 Å². The summed E-state index contributed by atoms with van der Waals surface area (Å²) in [6, 6.07) is 0.577. The first-order chi connectivity index (χ1) is 8.11. The highest BCUT2D eigenvalue weighted by Crippen LogP contribution is 2.25. The summed E-state index contributed by atoms with van der Waals surface area (Å²) in [5, 5.41) is 0. The van der Waals surface area contributed by atoms with Crippen LogP contribution >= 0.6 is 15.9 Å². The molecule has 0 aliphatic carbocycles. The summed E-state index contributed by atoms with van der Waals surface area (Å²) in [6.45, 7) is 1.96. The summed E-state index contributed by atoms with van der Waals surface area (Å²) in [6.07, 6.45) is 2.89. The number of ether oxygens (including phenoxy) is 1. The van der Waals surface area contributed by atoms with E-state index in [0.29, 0.717) is 11.9 Å². The Balaban J connectivity index is 2.13. The first-order valence-electron chi connectivity index (χ1n) is 5.59. The van der Waals surface area contributed by atoms with Crippen LogP contribution in [0.5, 0.6) is 5.88 Å². The van der Waals surface area contributed by atoms with Gasteiger partial charge in [0.15, 0.2) is 0 Å². The molecule has 94 valence electrons. The highest BCUT2D eigenvalue weighted by Gasteiger charge is 2.26. The maximum absolute atomic E-state index is 5.18. The molecule has 1 fully saturated rings. The van der Waals surface area contributed by atoms with Crippen molar-refractivity contribution in [3.05, 3.63) is 10.7 Å². The molecule has 0 N–H and O–H groups in total. The normalized spacial score (nSPS) is 20.1. The largest absolute Gasteiger partial charge is 0.480 e. The third-order valence-electron chi connectivity index (χ3n) is 3.07. The molecule has 0 saturated carbocycles. The van der Waals surface area contributed by atoms with Crippen molar-refractivity contribution in [2.45, 2.75) is 12.5 Å². The molecule has 0 spiro atoms. The second-order valence-electron chi connectivity index (χ2n) is 4.38. The quantitative estimate of drug-likeness (QED) is 0.844. The lowest BCUT2D eigenvalue weighted by Crippen LogP contribution is -2.32. The molecular formula is C11H17BrN4O. The van der Waals surface area contributed by atoms with Gasteiger partial charge in [0.25, 0.3) is 0 Å². The Bertz CT molecular complexity index is 399. The number of aromatic nitrogens is 2. The summed E-state index contributed by atoms with van der Waals surface area (Å²) in [5.41, 5.74) is 0. The molecule has 1 aromatic heterocycles. The molecule has 0 aromatic carbocycles. The number of hydrogen-bond acceptors (Lipinski definition) is 5. The summed E-state index contributed by atoms with van der Waals surface area (Å²) in [5.74, 6) is 1.33. The van der Waals surface area contributed by atoms with E-state index in [9.17, 15) is 0 Å². The molecule has 0 radical (unpaired) electrons. The Hall–Kier alpha value is -0.880. The van der Waals surface area contributed by atoms with Crippen LogP contribution in [-0.2, 0) is 0 Å². The van der Waals surface area contributed by atoms with Crippen LogP contribution in [0.1, 0.15) is 6.42 Å². The summed E-state index contributed by atoms with van der Waals surface area (Å²) in [7, 11) is 5.83. The monoisotopic (exact) mass is 300 g/mol. The topological polar surface area (TPSA) is 41.5 Å². The van der Waals surface area contributed by atoms with Gasteiger partial charge in [-0.15, -0.1) is 0 Å². The maximum atomic E-state index is 5.18. The number of hydrogen-bond donors (Lipinski definition) is 0. The van der Waals surface area contributed by atoms with Crippen LogP contribution in [0, 0.1) is 0 Å². The first kappa shape index (κ1) is 12.6. The van der Waals surface area contributed by atoms with Gasteiger partial charge in [0.1, 0.15) is 0 Å². The van der Waals surface area contributed by atoms with E-state index in [2.05, 4.69) is 49.8 Å². The SMILES string of the molecule is COc1nc(N2CCC(N(C)C)C2)ncc1Br. The van der Waals surface area contributed by atoms with E-state index in [0.717, 1.165) is 29.9 Å². The fourth-order valence-corrected chi connectivity index (χ4v) is 2.34. The molecule has 5 nitrogen and oxygen atoms in total. The second-order valence-corrected chi connectivity index (χ2v) is 5.23. The summed E-state index contributed by atoms with van der Waals surface area (Å²) >= 11 is 3.36. The van der Waals surface area contributed by atoms with Crippen molar-refractivity contribution >= 4 is 21.9 Å². The van der Waals surface area contributed by atoms with Crippen LogP contribution in [0.15, 0.2) is 10.7 Å². The zero-order valence-electron chi connectivity index (χ0n) is 10.4. The van der Waals surface area contributed by atoms with Gasteiger partial charge >= 0.3 is 0 Å². The number of halogens is 1. The van der Waals surface area contributed by atoms with Gasteiger partial charge in [-0.25, -0.2) is 4.98 Å². The van der Waals surface area contributed by atoms with E-state index in [-0.39, 0.29) is 0 Å². The molecule has 2 rings (SSSR count). The average Bonchev–Trinajstić information content (AvgIpc) is 2.79. The molecule has 17 heavy (non-hydrogen) atoms. The average molecular weight is 301 g/mol. The summed E-state index contributed by atoms with van der Waals surface area (Å²) < 4.78 is 5.97. The minimum atomic E-state index is 0.577. The molecular weight excluding hydrogens is 284 g/mol. The molecule has 1 atom stereocenters. The zero-order chi connectivity index (χ0) is 12.4. The van der Waals surface area contributed by atoms with Crippen LogP contribution in [0.25, 0.3) is 0 Å². The van der Waals surface area contributed by atoms with Crippen molar-refractivity contribution in [1.29, 1.82) is 0 Å². The van der Waals surface area contributed by atoms with E-state index >= 15 is 0 Å². The molecule has 1 saturated heterocycles. The summed E-state index contributed by atoms with van der Waals surface area (Å²) in [4.78, 5) is 13.2. The highest BCUT2D eigenvalue weighted by atomic mass is 79.9. The van der Waals surface area contributed by atoms with Crippen molar-refractivity contribution < 1.29 is 4.74 Å². The lowest BCUT2D eigenvalue weighted by Gasteiger charge is -2.20. The van der Waals surface area contributed by atoms with Crippen LogP contribution < -0.4 is 9.64 Å². The zero-order valence-corrected chi connectivity index (χ0v) is 11.9. The lowest BCUT2D eigenvalue weighted by molar-refractivity contribution is 0.315. The minimum Gasteiger partial charge on any atom is -0.480 e. The van der Waals surface area contributed by atoms with Gasteiger partial charge in [0.05, 0.1) is 17.8 Å². The van der Waals surface area contributed by atoms with Crippen LogP contribution in [0.3, 0.4) is 0 Å². The fraction of sp³-hybridized carbons (Fsp3) is 0.636. The predicted molar refractivity (Wildman–Crippen MR) is 70.6 cm³/mol. The van der Waals surface area contributed by atoms with Crippen molar-refractivity contribution in [3.63, 3.8) is 0 Å². The van der Waals surface area contributed by atoms with Crippen molar-refractivity contribution in [1.82, 2.24) is 14.9 Å². The van der Waals surface area contributed by atoms with Crippen molar-refractivity contribution in [2.75, 3.05) is 39.2 Å². The first-order valence-corrected chi connectivity index (χ1v) is 6.39. The van der Waals surface area contributed by atoms with Crippen LogP contribution in [0.2, 0.25) is 0 Å². The van der Waals surface area contributed by atoms with E-state index in [1.165, 1.54) is 0 Å². The maximum Gasteiger partial charge on any atom is 0.232 e. The van der Waals surface area contributed by atoms with Gasteiger partial charge in [-0.2, -0.15) is 4.98 Å². The molecule has 1 aliphatic rings. The number of methoxy groups -OCH3 is 1. The third-order valence-corrected chi connectivity index (χ3v) is 3.61. The van der Waals surface area contributed by atoms with Gasteiger partial charge in [-0.1, -0.05) is 0 Å². The van der Waals surface area contributed by atoms with Crippen molar-refractivity contribution in [2.24, 2.45) is 0 Å². The molecule has 1 aliphatic heterocycles. The van der Waals surface area contributed by atoms with Crippen molar-refractivity contribution in [3.8, 4) is 5.88 Å². The second kappa shape index (κ2) is 5.18. The molecule has 1 aromatic rings. The number of likely N-dealkylation sites (N-methyl/N-ethyl adjacent to an activating group) is 1. The minimum absolute atomic E-state index is 0.577. The fourth-order valence-electron chi connectivity index (χ4n) is 1.98. The van der Waals surface area contributed by atoms with Crippen LogP contribution in [-0.4, -0.2) is 55.2 Å². The van der Waals surface area contributed by atoms with Gasteiger partial charge in [-0.3, -0.25) is 0 Å². The van der Waals surface area contributed by atoms with Crippen LogP contribution in [0.4, 0.5) is 5.95 Å². The smallest absolute Gasteiger partial charge is 0.232 e. The van der Waals surface area contributed by atoms with E-state index in [1.807, 2.05) is 0 Å². The number of anilines is 1. The Morgan fingerprint density at radius 2 is 2.29 bits per heavy atom. The standard InChI is InChI=1S/C11H17BrN4O/c1-15(2)8-4-5-16(7-8)11-13-6-9(12)10(14-11)17-3/h6,8H,4-5,7H2,1-3H3. The highest BCUT2D eigenvalue weighted by molar-refractivity contribution is 9.10. The number of nitrogens with zero attached hydrogens (tertiary/aromatic N) is 4. The predicted octanol–water partition coefficient (Wildman–Crippen LogP) is 1.39. The van der Waals surface area contributed by atoms with Gasteiger partial charge in [0, 0.05) is 19.1 Å². The molecule has 0 bridgehead atoms. The Morgan fingerprint density at radius 3 is 2.88 bits per heavy atom. The lowest BCUT2D eigenvalue weighted by atomic mass is 10.2. The third kappa shape index (κ3) is 2.69. The van der Waals surface area contributed by atoms with Gasteiger partial charge in [-0.05, 0) is 36.4 Å². The Morgan fingerprint density at radius 1 is 1.53 bits per heavy atom. The Kier molecular flexibility index (Phi) is 3.83. The van der Waals surface area contributed by atoms with E-state index in [1.54, 1.807) is 13.3 Å². The van der Waals surface area contributed by atoms with Gasteiger partial charge < -0.3 is 14.5 Å². The van der Waals surface area contributed by atoms with E-state index in [4.69, 9.17) is 4.74 Å². The molecule has 6 heteroatoms.